The van der Waals surface area contributed by atoms with E-state index in [0.29, 0.717) is 0 Å². The molecule has 0 radical (unpaired) electrons. The van der Waals surface area contributed by atoms with E-state index in [-0.39, 0.29) is 13.3 Å². The van der Waals surface area contributed by atoms with E-state index in [1.54, 1.807) is 0 Å². The fourth-order valence-corrected chi connectivity index (χ4v) is 1.59. The van der Waals surface area contributed by atoms with Gasteiger partial charge in [-0.15, -0.1) is 0 Å². The van der Waals surface area contributed by atoms with Crippen molar-refractivity contribution in [2.45, 2.75) is 38.2 Å². The molecule has 1 fully saturated rings. The first kappa shape index (κ1) is 11.9. The Hall–Kier alpha value is -0.200. The number of rotatable bonds is 4. The minimum absolute atomic E-state index is 0.161. The molecule has 84 valence electrons. The van der Waals surface area contributed by atoms with Gasteiger partial charge in [-0.3, -0.25) is 4.90 Å². The van der Waals surface area contributed by atoms with Crippen LogP contribution >= 0.6 is 0 Å². The van der Waals surface area contributed by atoms with E-state index in [4.69, 9.17) is 9.84 Å². The molecular formula is C9H19NO4. The van der Waals surface area contributed by atoms with Crippen LogP contribution in [0.4, 0.5) is 0 Å². The van der Waals surface area contributed by atoms with Crippen molar-refractivity contribution in [3.05, 3.63) is 0 Å². The molecule has 1 aliphatic heterocycles. The van der Waals surface area contributed by atoms with Gasteiger partial charge in [0.25, 0.3) is 0 Å². The summed E-state index contributed by atoms with van der Waals surface area (Å²) in [6.07, 6.45) is -0.161. The first-order chi connectivity index (χ1) is 6.70. The standard InChI is InChI=1S/C9H19NO4/c1-2-3-4-10-6-14-9(13)8(12)7(10)5-11/h7-9,11-13H,2-6H2,1H3. The van der Waals surface area contributed by atoms with Gasteiger partial charge in [-0.2, -0.15) is 0 Å². The van der Waals surface area contributed by atoms with Gasteiger partial charge in [-0.1, -0.05) is 13.3 Å². The maximum atomic E-state index is 9.53. The highest BCUT2D eigenvalue weighted by atomic mass is 16.6. The summed E-state index contributed by atoms with van der Waals surface area (Å²) in [5.74, 6) is 0. The number of hydrogen-bond donors (Lipinski definition) is 3. The van der Waals surface area contributed by atoms with Gasteiger partial charge < -0.3 is 20.1 Å². The Balaban J connectivity index is 2.48. The van der Waals surface area contributed by atoms with Crippen LogP contribution in [0.1, 0.15) is 19.8 Å². The highest BCUT2D eigenvalue weighted by Crippen LogP contribution is 2.16. The highest BCUT2D eigenvalue weighted by molar-refractivity contribution is 4.82. The molecule has 3 N–H and O–H groups in total. The fraction of sp³-hybridized carbons (Fsp3) is 1.00. The fourth-order valence-electron chi connectivity index (χ4n) is 1.59. The van der Waals surface area contributed by atoms with E-state index in [2.05, 4.69) is 6.92 Å². The summed E-state index contributed by atoms with van der Waals surface area (Å²) in [4.78, 5) is 1.85. The van der Waals surface area contributed by atoms with Gasteiger partial charge in [-0.05, 0) is 6.42 Å². The highest BCUT2D eigenvalue weighted by Gasteiger charge is 2.35. The second-order valence-corrected chi connectivity index (χ2v) is 3.59. The molecular weight excluding hydrogens is 186 g/mol. The van der Waals surface area contributed by atoms with E-state index >= 15 is 0 Å². The molecule has 14 heavy (non-hydrogen) atoms. The maximum Gasteiger partial charge on any atom is 0.184 e. The molecule has 3 atom stereocenters. The molecule has 3 unspecified atom stereocenters. The first-order valence-corrected chi connectivity index (χ1v) is 5.03. The lowest BCUT2D eigenvalue weighted by atomic mass is 10.1. The van der Waals surface area contributed by atoms with Crippen LogP contribution in [-0.4, -0.2) is 58.5 Å². The summed E-state index contributed by atoms with van der Waals surface area (Å²) in [6.45, 7) is 2.95. The van der Waals surface area contributed by atoms with Crippen molar-refractivity contribution in [2.24, 2.45) is 0 Å². The molecule has 0 aromatic rings. The van der Waals surface area contributed by atoms with E-state index in [1.807, 2.05) is 4.90 Å². The lowest BCUT2D eigenvalue weighted by molar-refractivity contribution is -0.247. The number of nitrogens with zero attached hydrogens (tertiary/aromatic N) is 1. The van der Waals surface area contributed by atoms with Crippen LogP contribution in [0.3, 0.4) is 0 Å². The van der Waals surface area contributed by atoms with Crippen LogP contribution in [0.2, 0.25) is 0 Å². The topological polar surface area (TPSA) is 73.2 Å². The molecule has 0 bridgehead atoms. The SMILES string of the molecule is CCCCN1COC(O)C(O)C1CO. The average molecular weight is 205 g/mol. The lowest BCUT2D eigenvalue weighted by Gasteiger charge is -2.40. The Bertz CT molecular complexity index is 165. The van der Waals surface area contributed by atoms with Gasteiger partial charge in [-0.25, -0.2) is 0 Å². The zero-order valence-corrected chi connectivity index (χ0v) is 8.46. The van der Waals surface area contributed by atoms with Gasteiger partial charge >= 0.3 is 0 Å². The Kier molecular flexibility index (Phi) is 4.77. The Morgan fingerprint density at radius 2 is 2.14 bits per heavy atom. The van der Waals surface area contributed by atoms with Crippen LogP contribution in [0, 0.1) is 0 Å². The zero-order chi connectivity index (χ0) is 10.6. The van der Waals surface area contributed by atoms with Gasteiger partial charge in [0.2, 0.25) is 0 Å². The van der Waals surface area contributed by atoms with Crippen molar-refractivity contribution in [2.75, 3.05) is 19.9 Å². The zero-order valence-electron chi connectivity index (χ0n) is 8.46. The number of aliphatic hydroxyl groups excluding tert-OH is 3. The lowest BCUT2D eigenvalue weighted by Crippen LogP contribution is -2.57. The summed E-state index contributed by atoms with van der Waals surface area (Å²) in [7, 11) is 0. The number of ether oxygens (including phenoxy) is 1. The van der Waals surface area contributed by atoms with Gasteiger partial charge in [0.1, 0.15) is 12.8 Å². The summed E-state index contributed by atoms with van der Waals surface area (Å²) in [5.41, 5.74) is 0. The monoisotopic (exact) mass is 205 g/mol. The van der Waals surface area contributed by atoms with E-state index < -0.39 is 18.4 Å². The first-order valence-electron chi connectivity index (χ1n) is 5.03. The predicted molar refractivity (Wildman–Crippen MR) is 50.5 cm³/mol. The summed E-state index contributed by atoms with van der Waals surface area (Å²) in [6, 6.07) is -0.412. The molecule has 5 heteroatoms. The van der Waals surface area contributed by atoms with Crippen LogP contribution in [0.25, 0.3) is 0 Å². The van der Waals surface area contributed by atoms with Crippen molar-refractivity contribution < 1.29 is 20.1 Å². The molecule has 0 aliphatic carbocycles. The second kappa shape index (κ2) is 5.63. The summed E-state index contributed by atoms with van der Waals surface area (Å²) in [5, 5.41) is 27.8. The minimum atomic E-state index is -1.18. The molecule has 1 rings (SSSR count). The second-order valence-electron chi connectivity index (χ2n) is 3.59. The smallest absolute Gasteiger partial charge is 0.184 e. The van der Waals surface area contributed by atoms with Crippen molar-refractivity contribution >= 4 is 0 Å². The van der Waals surface area contributed by atoms with Gasteiger partial charge in [0.05, 0.1) is 12.6 Å². The van der Waals surface area contributed by atoms with Gasteiger partial charge in [0.15, 0.2) is 6.29 Å². The molecule has 0 saturated carbocycles. The molecule has 0 aromatic carbocycles. The van der Waals surface area contributed by atoms with Crippen molar-refractivity contribution in [3.63, 3.8) is 0 Å². The van der Waals surface area contributed by atoms with E-state index in [9.17, 15) is 10.2 Å². The number of aliphatic hydroxyl groups is 3. The number of unbranched alkanes of at least 4 members (excludes halogenated alkanes) is 1. The summed E-state index contributed by atoms with van der Waals surface area (Å²) >= 11 is 0. The molecule has 0 spiro atoms. The van der Waals surface area contributed by atoms with Crippen molar-refractivity contribution in [3.8, 4) is 0 Å². The van der Waals surface area contributed by atoms with Gasteiger partial charge in [0, 0.05) is 6.54 Å². The largest absolute Gasteiger partial charge is 0.395 e. The van der Waals surface area contributed by atoms with Crippen LogP contribution in [0.15, 0.2) is 0 Å². The predicted octanol–water partition coefficient (Wildman–Crippen LogP) is -0.884. The minimum Gasteiger partial charge on any atom is -0.395 e. The Labute approximate surface area is 83.9 Å². The van der Waals surface area contributed by atoms with Crippen LogP contribution in [0.5, 0.6) is 0 Å². The average Bonchev–Trinajstić information content (AvgIpc) is 2.20. The maximum absolute atomic E-state index is 9.53. The van der Waals surface area contributed by atoms with Crippen molar-refractivity contribution in [1.29, 1.82) is 0 Å². The third-order valence-electron chi connectivity index (χ3n) is 2.55. The quantitative estimate of drug-likeness (QED) is 0.555. The van der Waals surface area contributed by atoms with E-state index in [1.165, 1.54) is 0 Å². The van der Waals surface area contributed by atoms with Crippen LogP contribution < -0.4 is 0 Å². The molecule has 0 amide bonds. The molecule has 1 saturated heterocycles. The normalized spacial score (nSPS) is 34.7. The Morgan fingerprint density at radius 3 is 2.71 bits per heavy atom. The molecule has 5 nitrogen and oxygen atoms in total. The number of hydrogen-bond acceptors (Lipinski definition) is 5. The van der Waals surface area contributed by atoms with Crippen molar-refractivity contribution in [1.82, 2.24) is 4.90 Å². The molecule has 0 aromatic heterocycles. The van der Waals surface area contributed by atoms with E-state index in [0.717, 1.165) is 19.4 Å². The van der Waals surface area contributed by atoms with Crippen LogP contribution in [-0.2, 0) is 4.74 Å². The Morgan fingerprint density at radius 1 is 1.43 bits per heavy atom. The molecule has 1 heterocycles. The third-order valence-corrected chi connectivity index (χ3v) is 2.55. The summed E-state index contributed by atoms with van der Waals surface area (Å²) < 4.78 is 4.95. The molecule has 1 aliphatic rings. The third kappa shape index (κ3) is 2.65.